The maximum atomic E-state index is 11.5. The Bertz CT molecular complexity index is 347. The van der Waals surface area contributed by atoms with Gasteiger partial charge in [-0.15, -0.1) is 0 Å². The Morgan fingerprint density at radius 3 is 2.75 bits per heavy atom. The van der Waals surface area contributed by atoms with Crippen molar-refractivity contribution in [2.45, 2.75) is 38.6 Å². The second kappa shape index (κ2) is 5.15. The summed E-state index contributed by atoms with van der Waals surface area (Å²) in [4.78, 5) is 13.9. The Hall–Kier alpha value is -1.31. The Kier molecular flexibility index (Phi) is 3.60. The van der Waals surface area contributed by atoms with Crippen LogP contribution in [0.15, 0.2) is 30.3 Å². The predicted molar refractivity (Wildman–Crippen MR) is 66.7 cm³/mol. The molecule has 1 atom stereocenters. The maximum Gasteiger partial charge on any atom is 0.136 e. The van der Waals surface area contributed by atoms with Crippen LogP contribution in [0.4, 0.5) is 5.69 Å². The highest BCUT2D eigenvalue weighted by Crippen LogP contribution is 2.25. The third-order valence-corrected chi connectivity index (χ3v) is 3.25. The highest BCUT2D eigenvalue weighted by atomic mass is 16.1. The first-order valence-corrected chi connectivity index (χ1v) is 6.14. The average molecular weight is 217 g/mol. The first kappa shape index (κ1) is 11.2. The van der Waals surface area contributed by atoms with Crippen molar-refractivity contribution < 1.29 is 4.79 Å². The zero-order valence-corrected chi connectivity index (χ0v) is 9.86. The van der Waals surface area contributed by atoms with Gasteiger partial charge in [-0.3, -0.25) is 4.79 Å². The topological polar surface area (TPSA) is 20.3 Å². The summed E-state index contributed by atoms with van der Waals surface area (Å²) in [6.45, 7) is 3.07. The molecular formula is C14H19NO. The molecule has 1 aliphatic heterocycles. The molecule has 2 rings (SSSR count). The molecule has 0 aliphatic carbocycles. The van der Waals surface area contributed by atoms with Crippen molar-refractivity contribution in [2.24, 2.45) is 0 Å². The molecule has 0 amide bonds. The zero-order valence-electron chi connectivity index (χ0n) is 9.86. The molecule has 1 saturated heterocycles. The van der Waals surface area contributed by atoms with Crippen LogP contribution >= 0.6 is 0 Å². The van der Waals surface area contributed by atoms with Crippen LogP contribution in [0.5, 0.6) is 0 Å². The average Bonchev–Trinajstić information content (AvgIpc) is 2.31. The molecule has 86 valence electrons. The van der Waals surface area contributed by atoms with Gasteiger partial charge < -0.3 is 4.90 Å². The number of carbonyl (C=O) groups is 1. The van der Waals surface area contributed by atoms with Gasteiger partial charge in [-0.25, -0.2) is 0 Å². The van der Waals surface area contributed by atoms with Gasteiger partial charge in [0.1, 0.15) is 5.78 Å². The van der Waals surface area contributed by atoms with E-state index in [2.05, 4.69) is 36.1 Å². The van der Waals surface area contributed by atoms with Gasteiger partial charge in [0.25, 0.3) is 0 Å². The largest absolute Gasteiger partial charge is 0.368 e. The van der Waals surface area contributed by atoms with E-state index in [4.69, 9.17) is 0 Å². The molecule has 1 aromatic carbocycles. The second-order valence-electron chi connectivity index (χ2n) is 4.46. The second-order valence-corrected chi connectivity index (χ2v) is 4.46. The Balaban J connectivity index is 2.15. The maximum absolute atomic E-state index is 11.5. The van der Waals surface area contributed by atoms with Gasteiger partial charge in [0.2, 0.25) is 0 Å². The minimum Gasteiger partial charge on any atom is -0.368 e. The van der Waals surface area contributed by atoms with Crippen LogP contribution in [0.1, 0.15) is 32.6 Å². The number of carbonyl (C=O) groups excluding carboxylic acids is 1. The molecule has 1 fully saturated rings. The quantitative estimate of drug-likeness (QED) is 0.775. The number of piperidine rings is 1. The molecule has 0 radical (unpaired) electrons. The van der Waals surface area contributed by atoms with Gasteiger partial charge in [0, 0.05) is 31.1 Å². The fourth-order valence-electron chi connectivity index (χ4n) is 2.45. The summed E-state index contributed by atoms with van der Waals surface area (Å²) >= 11 is 0. The van der Waals surface area contributed by atoms with Gasteiger partial charge >= 0.3 is 0 Å². The number of rotatable bonds is 3. The number of benzene rings is 1. The third kappa shape index (κ3) is 2.43. The number of nitrogens with zero attached hydrogens (tertiary/aromatic N) is 1. The van der Waals surface area contributed by atoms with Crippen LogP contribution in [0, 0.1) is 0 Å². The molecule has 0 spiro atoms. The zero-order chi connectivity index (χ0) is 11.4. The number of ketones is 1. The minimum atomic E-state index is 0.411. The van der Waals surface area contributed by atoms with Crippen LogP contribution in [0.25, 0.3) is 0 Å². The van der Waals surface area contributed by atoms with Crippen LogP contribution < -0.4 is 4.90 Å². The number of Topliss-reactive ketones (excluding diaryl/α,β-unsaturated/α-hetero) is 1. The molecule has 1 aromatic rings. The molecule has 1 unspecified atom stereocenters. The SMILES string of the molecule is CCCC1CC(=O)CCN1c1ccccc1. The number of para-hydroxylation sites is 1. The molecular weight excluding hydrogens is 198 g/mol. The molecule has 16 heavy (non-hydrogen) atoms. The number of hydrogen-bond acceptors (Lipinski definition) is 2. The van der Waals surface area contributed by atoms with E-state index in [1.807, 2.05) is 6.07 Å². The van der Waals surface area contributed by atoms with Gasteiger partial charge in [-0.1, -0.05) is 31.5 Å². The Morgan fingerprint density at radius 1 is 1.31 bits per heavy atom. The summed E-state index contributed by atoms with van der Waals surface area (Å²) in [5, 5.41) is 0. The molecule has 0 aromatic heterocycles. The summed E-state index contributed by atoms with van der Waals surface area (Å²) in [6, 6.07) is 10.8. The molecule has 0 bridgehead atoms. The summed E-state index contributed by atoms with van der Waals surface area (Å²) in [5.74, 6) is 0.422. The lowest BCUT2D eigenvalue weighted by atomic mass is 9.96. The fraction of sp³-hybridized carbons (Fsp3) is 0.500. The van der Waals surface area contributed by atoms with Crippen molar-refractivity contribution in [3.05, 3.63) is 30.3 Å². The molecule has 0 saturated carbocycles. The third-order valence-electron chi connectivity index (χ3n) is 3.25. The first-order valence-electron chi connectivity index (χ1n) is 6.14. The number of hydrogen-bond donors (Lipinski definition) is 0. The first-order chi connectivity index (χ1) is 7.81. The smallest absolute Gasteiger partial charge is 0.136 e. The van der Waals surface area contributed by atoms with Crippen molar-refractivity contribution in [3.63, 3.8) is 0 Å². The summed E-state index contributed by atoms with van der Waals surface area (Å²) in [5.41, 5.74) is 1.26. The monoisotopic (exact) mass is 217 g/mol. The summed E-state index contributed by atoms with van der Waals surface area (Å²) in [6.07, 6.45) is 3.68. The van der Waals surface area contributed by atoms with Crippen LogP contribution in [-0.2, 0) is 4.79 Å². The van der Waals surface area contributed by atoms with Gasteiger partial charge in [0.05, 0.1) is 0 Å². The fourth-order valence-corrected chi connectivity index (χ4v) is 2.45. The van der Waals surface area contributed by atoms with E-state index in [0.717, 1.165) is 25.8 Å². The van der Waals surface area contributed by atoms with E-state index < -0.39 is 0 Å². The highest BCUT2D eigenvalue weighted by molar-refractivity contribution is 5.81. The lowest BCUT2D eigenvalue weighted by molar-refractivity contribution is -0.120. The van der Waals surface area contributed by atoms with Gasteiger partial charge in [-0.05, 0) is 18.6 Å². The van der Waals surface area contributed by atoms with Crippen molar-refractivity contribution in [1.29, 1.82) is 0 Å². The summed E-state index contributed by atoms with van der Waals surface area (Å²) in [7, 11) is 0. The van der Waals surface area contributed by atoms with E-state index in [-0.39, 0.29) is 0 Å². The molecule has 0 N–H and O–H groups in total. The van der Waals surface area contributed by atoms with Crippen molar-refractivity contribution >= 4 is 11.5 Å². The highest BCUT2D eigenvalue weighted by Gasteiger charge is 2.26. The molecule has 2 nitrogen and oxygen atoms in total. The van der Waals surface area contributed by atoms with E-state index in [0.29, 0.717) is 18.2 Å². The van der Waals surface area contributed by atoms with Crippen LogP contribution in [0.3, 0.4) is 0 Å². The Morgan fingerprint density at radius 2 is 2.06 bits per heavy atom. The Labute approximate surface area is 97.3 Å². The van der Waals surface area contributed by atoms with E-state index in [1.54, 1.807) is 0 Å². The van der Waals surface area contributed by atoms with Crippen molar-refractivity contribution in [1.82, 2.24) is 0 Å². The van der Waals surface area contributed by atoms with Gasteiger partial charge in [0.15, 0.2) is 0 Å². The van der Waals surface area contributed by atoms with Crippen LogP contribution in [-0.4, -0.2) is 18.4 Å². The predicted octanol–water partition coefficient (Wildman–Crippen LogP) is 3.02. The van der Waals surface area contributed by atoms with E-state index >= 15 is 0 Å². The van der Waals surface area contributed by atoms with Crippen molar-refractivity contribution in [2.75, 3.05) is 11.4 Å². The molecule has 1 heterocycles. The lowest BCUT2D eigenvalue weighted by Crippen LogP contribution is -2.42. The van der Waals surface area contributed by atoms with Crippen LogP contribution in [0.2, 0.25) is 0 Å². The normalized spacial score (nSPS) is 21.2. The van der Waals surface area contributed by atoms with E-state index in [9.17, 15) is 4.79 Å². The molecule has 1 aliphatic rings. The summed E-state index contributed by atoms with van der Waals surface area (Å²) < 4.78 is 0. The molecule has 2 heteroatoms. The minimum absolute atomic E-state index is 0.411. The standard InChI is InChI=1S/C14H19NO/c1-2-6-13-11-14(16)9-10-15(13)12-7-4-3-5-8-12/h3-5,7-8,13H,2,6,9-11H2,1H3. The lowest BCUT2D eigenvalue weighted by Gasteiger charge is -2.37. The van der Waals surface area contributed by atoms with E-state index in [1.165, 1.54) is 5.69 Å². The van der Waals surface area contributed by atoms with Crippen molar-refractivity contribution in [3.8, 4) is 0 Å². The van der Waals surface area contributed by atoms with Gasteiger partial charge in [-0.2, -0.15) is 0 Å². The number of anilines is 1.